The average Bonchev–Trinajstić information content (AvgIpc) is 3.26. The number of anilines is 1. The van der Waals surface area contributed by atoms with E-state index in [1.807, 2.05) is 49.4 Å². The van der Waals surface area contributed by atoms with Gasteiger partial charge in [0.2, 0.25) is 11.8 Å². The Kier molecular flexibility index (Phi) is 8.09. The van der Waals surface area contributed by atoms with Gasteiger partial charge in [0.05, 0.1) is 29.0 Å². The Hall–Kier alpha value is -3.95. The molecule has 1 atom stereocenters. The second kappa shape index (κ2) is 11.8. The van der Waals surface area contributed by atoms with Gasteiger partial charge in [0.1, 0.15) is 18.2 Å². The van der Waals surface area contributed by atoms with E-state index in [9.17, 15) is 14.0 Å². The molecule has 1 aliphatic rings. The van der Waals surface area contributed by atoms with Gasteiger partial charge < -0.3 is 10.1 Å². The quantitative estimate of drug-likeness (QED) is 0.319. The van der Waals surface area contributed by atoms with Gasteiger partial charge in [-0.3, -0.25) is 14.5 Å². The molecule has 0 saturated heterocycles. The van der Waals surface area contributed by atoms with Crippen molar-refractivity contribution in [2.24, 2.45) is 0 Å². The summed E-state index contributed by atoms with van der Waals surface area (Å²) < 4.78 is 20.6. The fourth-order valence-corrected chi connectivity index (χ4v) is 5.87. The number of fused-ring (bicyclic) bond motifs is 1. The molecule has 1 N–H and O–H groups in total. The highest BCUT2D eigenvalue weighted by Crippen LogP contribution is 2.48. The van der Waals surface area contributed by atoms with Crippen LogP contribution in [0.5, 0.6) is 0 Å². The first kappa shape index (κ1) is 26.6. The van der Waals surface area contributed by atoms with E-state index >= 15 is 0 Å². The van der Waals surface area contributed by atoms with Crippen molar-refractivity contribution in [3.63, 3.8) is 0 Å². The van der Waals surface area contributed by atoms with Crippen LogP contribution in [0, 0.1) is 12.7 Å². The zero-order valence-corrected chi connectivity index (χ0v) is 22.6. The Morgan fingerprint density at radius 2 is 1.87 bits per heavy atom. The first-order chi connectivity index (χ1) is 19.0. The topological polar surface area (TPSA) is 76.5 Å². The molecule has 2 heterocycles. The smallest absolute Gasteiger partial charge is 0.240 e. The minimum atomic E-state index is -0.376. The van der Waals surface area contributed by atoms with E-state index in [1.54, 1.807) is 23.9 Å². The van der Waals surface area contributed by atoms with Crippen molar-refractivity contribution in [3.8, 4) is 16.9 Å². The summed E-state index contributed by atoms with van der Waals surface area (Å²) in [6, 6.07) is 23.9. The van der Waals surface area contributed by atoms with Crippen LogP contribution in [-0.2, 0) is 14.3 Å². The van der Waals surface area contributed by atoms with Gasteiger partial charge in [0, 0.05) is 24.8 Å². The minimum Gasteiger partial charge on any atom is -0.383 e. The highest BCUT2D eigenvalue weighted by Gasteiger charge is 2.37. The highest BCUT2D eigenvalue weighted by atomic mass is 32.2. The second-order valence-electron chi connectivity index (χ2n) is 9.27. The van der Waals surface area contributed by atoms with Gasteiger partial charge in [-0.05, 0) is 36.8 Å². The van der Waals surface area contributed by atoms with Crippen molar-refractivity contribution in [3.05, 3.63) is 101 Å². The molecule has 1 aromatic heterocycles. The predicted molar refractivity (Wildman–Crippen MR) is 152 cm³/mol. The molecule has 200 valence electrons. The molecule has 1 unspecified atom stereocenters. The highest BCUT2D eigenvalue weighted by molar-refractivity contribution is 8.00. The molecule has 39 heavy (non-hydrogen) atoms. The van der Waals surface area contributed by atoms with Crippen LogP contribution < -0.4 is 10.2 Å². The number of aromatic nitrogens is 2. The third kappa shape index (κ3) is 5.74. The molecule has 4 aromatic rings. The lowest BCUT2D eigenvalue weighted by Gasteiger charge is -2.23. The molecule has 0 fully saturated rings. The SMILES string of the molecule is COCCNC(=O)CN1C(=O)CSC(c2cccc(C)c2)c2c(-c3ccccc3)nn(-c3ccc(F)cc3)c21. The van der Waals surface area contributed by atoms with Gasteiger partial charge >= 0.3 is 0 Å². The predicted octanol–water partition coefficient (Wildman–Crippen LogP) is 4.92. The first-order valence-electron chi connectivity index (χ1n) is 12.6. The van der Waals surface area contributed by atoms with Crippen LogP contribution in [0.15, 0.2) is 78.9 Å². The van der Waals surface area contributed by atoms with E-state index in [1.165, 1.54) is 28.8 Å². The van der Waals surface area contributed by atoms with Crippen LogP contribution >= 0.6 is 11.8 Å². The number of benzene rings is 3. The molecule has 7 nitrogen and oxygen atoms in total. The van der Waals surface area contributed by atoms with E-state index < -0.39 is 0 Å². The summed E-state index contributed by atoms with van der Waals surface area (Å²) in [7, 11) is 1.56. The van der Waals surface area contributed by atoms with Crippen LogP contribution in [-0.4, -0.2) is 54.2 Å². The van der Waals surface area contributed by atoms with Crippen LogP contribution in [0.3, 0.4) is 0 Å². The van der Waals surface area contributed by atoms with E-state index in [0.29, 0.717) is 30.4 Å². The summed E-state index contributed by atoms with van der Waals surface area (Å²) in [5.74, 6) is -0.210. The van der Waals surface area contributed by atoms with Crippen LogP contribution in [0.1, 0.15) is 21.9 Å². The number of ether oxygens (including phenoxy) is 1. The van der Waals surface area contributed by atoms with E-state index in [2.05, 4.69) is 17.4 Å². The zero-order valence-electron chi connectivity index (χ0n) is 21.8. The maximum Gasteiger partial charge on any atom is 0.240 e. The fourth-order valence-electron chi connectivity index (χ4n) is 4.68. The Morgan fingerprint density at radius 3 is 2.59 bits per heavy atom. The Morgan fingerprint density at radius 1 is 1.10 bits per heavy atom. The molecule has 0 spiro atoms. The summed E-state index contributed by atoms with van der Waals surface area (Å²) in [4.78, 5) is 28.1. The van der Waals surface area contributed by atoms with Gasteiger partial charge in [-0.2, -0.15) is 5.10 Å². The number of amides is 2. The van der Waals surface area contributed by atoms with Crippen molar-refractivity contribution < 1.29 is 18.7 Å². The zero-order chi connectivity index (χ0) is 27.4. The largest absolute Gasteiger partial charge is 0.383 e. The molecule has 0 saturated carbocycles. The monoisotopic (exact) mass is 544 g/mol. The molecule has 0 aliphatic carbocycles. The molecule has 0 radical (unpaired) electrons. The average molecular weight is 545 g/mol. The Labute approximate surface area is 231 Å². The van der Waals surface area contributed by atoms with E-state index in [4.69, 9.17) is 9.84 Å². The maximum absolute atomic E-state index is 13.9. The number of nitrogens with zero attached hydrogens (tertiary/aromatic N) is 3. The van der Waals surface area contributed by atoms with Crippen molar-refractivity contribution in [1.29, 1.82) is 0 Å². The number of aryl methyl sites for hydroxylation is 1. The summed E-state index contributed by atoms with van der Waals surface area (Å²) >= 11 is 1.51. The molecule has 2 amide bonds. The van der Waals surface area contributed by atoms with Gasteiger partial charge in [-0.25, -0.2) is 9.07 Å². The molecule has 3 aromatic carbocycles. The molecule has 9 heteroatoms. The number of hydrogen-bond donors (Lipinski definition) is 1. The number of nitrogens with one attached hydrogen (secondary N) is 1. The third-order valence-electron chi connectivity index (χ3n) is 6.48. The molecular weight excluding hydrogens is 515 g/mol. The number of methoxy groups -OCH3 is 1. The summed E-state index contributed by atoms with van der Waals surface area (Å²) in [6.07, 6.45) is 0. The standard InChI is InChI=1S/C30H29FN4O3S/c1-20-7-6-10-22(17-20)29-27-28(21-8-4-3-5-9-21)33-35(24-13-11-23(31)12-14-24)30(27)34(26(37)19-39-29)18-25(36)32-15-16-38-2/h3-14,17,29H,15-16,18-19H2,1-2H3,(H,32,36). The normalized spacial score (nSPS) is 15.1. The van der Waals surface area contributed by atoms with Gasteiger partial charge in [-0.1, -0.05) is 60.2 Å². The first-order valence-corrected chi connectivity index (χ1v) is 13.7. The van der Waals surface area contributed by atoms with Crippen molar-refractivity contribution in [1.82, 2.24) is 15.1 Å². The number of hydrogen-bond acceptors (Lipinski definition) is 5. The van der Waals surface area contributed by atoms with Gasteiger partial charge in [0.15, 0.2) is 0 Å². The number of carbonyl (C=O) groups excluding carboxylic acids is 2. The number of thioether (sulfide) groups is 1. The second-order valence-corrected chi connectivity index (χ2v) is 10.4. The Bertz CT molecular complexity index is 1470. The lowest BCUT2D eigenvalue weighted by atomic mass is 9.98. The van der Waals surface area contributed by atoms with Crippen LogP contribution in [0.2, 0.25) is 0 Å². The van der Waals surface area contributed by atoms with Gasteiger partial charge in [-0.15, -0.1) is 11.8 Å². The summed E-state index contributed by atoms with van der Waals surface area (Å²) in [5, 5.41) is 7.59. The minimum absolute atomic E-state index is 0.177. The molecule has 0 bridgehead atoms. The molecule has 5 rings (SSSR count). The van der Waals surface area contributed by atoms with Crippen molar-refractivity contribution in [2.75, 3.05) is 37.5 Å². The van der Waals surface area contributed by atoms with E-state index in [0.717, 1.165) is 22.3 Å². The van der Waals surface area contributed by atoms with E-state index in [-0.39, 0.29) is 35.2 Å². The summed E-state index contributed by atoms with van der Waals surface area (Å²) in [5.41, 5.74) is 5.14. The number of carbonyl (C=O) groups is 2. The molecule has 1 aliphatic heterocycles. The van der Waals surface area contributed by atoms with Gasteiger partial charge in [0.25, 0.3) is 0 Å². The lowest BCUT2D eigenvalue weighted by Crippen LogP contribution is -2.43. The lowest BCUT2D eigenvalue weighted by molar-refractivity contribution is -0.123. The molecular formula is C30H29FN4O3S. The fraction of sp³-hybridized carbons (Fsp3) is 0.233. The van der Waals surface area contributed by atoms with Crippen LogP contribution in [0.25, 0.3) is 16.9 Å². The maximum atomic E-state index is 13.9. The van der Waals surface area contributed by atoms with Crippen molar-refractivity contribution >= 4 is 29.4 Å². The Balaban J connectivity index is 1.75. The number of rotatable bonds is 8. The number of halogens is 1. The summed E-state index contributed by atoms with van der Waals surface area (Å²) in [6.45, 7) is 2.55. The third-order valence-corrected chi connectivity index (χ3v) is 7.74. The van der Waals surface area contributed by atoms with Crippen molar-refractivity contribution in [2.45, 2.75) is 12.2 Å². The van der Waals surface area contributed by atoms with Crippen LogP contribution in [0.4, 0.5) is 10.2 Å².